The molecule has 148 valence electrons. The molecule has 0 N–H and O–H groups in total. The number of rotatable bonds is 5. The number of nitrogens with zero attached hydrogens (tertiary/aromatic N) is 2. The quantitative estimate of drug-likeness (QED) is 0.559. The van der Waals surface area contributed by atoms with E-state index in [2.05, 4.69) is 4.98 Å². The van der Waals surface area contributed by atoms with Crippen molar-refractivity contribution < 1.29 is 14.3 Å². The number of likely N-dealkylation sites (tertiary alicyclic amines) is 1. The van der Waals surface area contributed by atoms with Gasteiger partial charge in [0, 0.05) is 18.3 Å². The number of pyridine rings is 1. The second kappa shape index (κ2) is 9.24. The Balaban J connectivity index is 1.52. The summed E-state index contributed by atoms with van der Waals surface area (Å²) in [5.74, 6) is 1.26. The zero-order valence-corrected chi connectivity index (χ0v) is 16.2. The van der Waals surface area contributed by atoms with Gasteiger partial charge in [-0.05, 0) is 49.1 Å². The van der Waals surface area contributed by atoms with E-state index in [0.717, 1.165) is 36.1 Å². The van der Waals surface area contributed by atoms with Crippen LogP contribution in [0.3, 0.4) is 0 Å². The molecule has 1 amide bonds. The third kappa shape index (κ3) is 4.74. The summed E-state index contributed by atoms with van der Waals surface area (Å²) in [5, 5.41) is 0. The molecule has 5 heteroatoms. The van der Waals surface area contributed by atoms with Crippen molar-refractivity contribution in [1.82, 2.24) is 9.88 Å². The van der Waals surface area contributed by atoms with Crippen LogP contribution in [0.25, 0.3) is 0 Å². The van der Waals surface area contributed by atoms with E-state index >= 15 is 0 Å². The second-order valence-electron chi connectivity index (χ2n) is 7.06. The largest absolute Gasteiger partial charge is 0.445 e. The summed E-state index contributed by atoms with van der Waals surface area (Å²) in [7, 11) is 0. The molecule has 1 fully saturated rings. The van der Waals surface area contributed by atoms with Crippen molar-refractivity contribution in [2.24, 2.45) is 0 Å². The summed E-state index contributed by atoms with van der Waals surface area (Å²) < 4.78 is 11.6. The fourth-order valence-electron chi connectivity index (χ4n) is 3.62. The highest BCUT2D eigenvalue weighted by Gasteiger charge is 2.31. The van der Waals surface area contributed by atoms with Crippen LogP contribution < -0.4 is 4.74 Å². The fourth-order valence-corrected chi connectivity index (χ4v) is 3.62. The van der Waals surface area contributed by atoms with Gasteiger partial charge in [0.15, 0.2) is 0 Å². The molecule has 0 radical (unpaired) electrons. The van der Waals surface area contributed by atoms with Gasteiger partial charge in [-0.25, -0.2) is 9.78 Å². The van der Waals surface area contributed by atoms with Crippen molar-refractivity contribution in [2.75, 3.05) is 6.54 Å². The monoisotopic (exact) mass is 388 g/mol. The fraction of sp³-hybridized carbons (Fsp3) is 0.250. The summed E-state index contributed by atoms with van der Waals surface area (Å²) >= 11 is 0. The molecule has 1 unspecified atom stereocenters. The van der Waals surface area contributed by atoms with Gasteiger partial charge in [0.05, 0.1) is 6.04 Å². The standard InChI is InChI=1S/C24H24N2O3/c27-24(28-18-19-10-3-1-4-11-19)26-17-8-7-15-22(26)21-14-9-16-25-23(21)29-20-12-5-2-6-13-20/h1-6,9-14,16,22H,7-8,15,17-18H2. The third-order valence-corrected chi connectivity index (χ3v) is 5.06. The van der Waals surface area contributed by atoms with Gasteiger partial charge in [0.1, 0.15) is 12.4 Å². The van der Waals surface area contributed by atoms with Gasteiger partial charge in [-0.1, -0.05) is 48.5 Å². The highest BCUT2D eigenvalue weighted by molar-refractivity contribution is 5.68. The molecule has 1 aliphatic rings. The topological polar surface area (TPSA) is 51.7 Å². The molecule has 0 bridgehead atoms. The Kier molecular flexibility index (Phi) is 6.05. The van der Waals surface area contributed by atoms with Crippen molar-refractivity contribution in [1.29, 1.82) is 0 Å². The summed E-state index contributed by atoms with van der Waals surface area (Å²) in [6.07, 6.45) is 4.28. The van der Waals surface area contributed by atoms with Crippen LogP contribution in [0.15, 0.2) is 79.0 Å². The number of amides is 1. The van der Waals surface area contributed by atoms with Crippen molar-refractivity contribution in [2.45, 2.75) is 31.9 Å². The lowest BCUT2D eigenvalue weighted by atomic mass is 9.96. The minimum Gasteiger partial charge on any atom is -0.445 e. The van der Waals surface area contributed by atoms with E-state index in [1.165, 1.54) is 0 Å². The first kappa shape index (κ1) is 19.0. The molecule has 3 aromatic rings. The number of aromatic nitrogens is 1. The highest BCUT2D eigenvalue weighted by atomic mass is 16.6. The number of para-hydroxylation sites is 1. The van der Waals surface area contributed by atoms with E-state index in [1.807, 2.05) is 72.8 Å². The number of carbonyl (C=O) groups excluding carboxylic acids is 1. The number of hydrogen-bond acceptors (Lipinski definition) is 4. The number of piperidine rings is 1. The Hall–Kier alpha value is -3.34. The van der Waals surface area contributed by atoms with Gasteiger partial charge >= 0.3 is 6.09 Å². The van der Waals surface area contributed by atoms with Crippen molar-refractivity contribution in [3.63, 3.8) is 0 Å². The molecular formula is C24H24N2O3. The average molecular weight is 388 g/mol. The van der Waals surface area contributed by atoms with Crippen molar-refractivity contribution in [3.05, 3.63) is 90.1 Å². The van der Waals surface area contributed by atoms with Gasteiger partial charge < -0.3 is 14.4 Å². The number of carbonyl (C=O) groups is 1. The van der Waals surface area contributed by atoms with Gasteiger partial charge in [0.25, 0.3) is 0 Å². The predicted molar refractivity (Wildman–Crippen MR) is 111 cm³/mol. The van der Waals surface area contributed by atoms with Gasteiger partial charge in [0.2, 0.25) is 5.88 Å². The Labute approximate surface area is 170 Å². The van der Waals surface area contributed by atoms with E-state index in [-0.39, 0.29) is 18.7 Å². The summed E-state index contributed by atoms with van der Waals surface area (Å²) in [6.45, 7) is 0.932. The summed E-state index contributed by atoms with van der Waals surface area (Å²) in [5.41, 5.74) is 1.89. The molecule has 29 heavy (non-hydrogen) atoms. The van der Waals surface area contributed by atoms with Crippen molar-refractivity contribution >= 4 is 6.09 Å². The molecule has 0 aliphatic carbocycles. The Morgan fingerprint density at radius 1 is 0.966 bits per heavy atom. The molecule has 0 saturated carbocycles. The molecule has 5 nitrogen and oxygen atoms in total. The predicted octanol–water partition coefficient (Wildman–Crippen LogP) is 5.74. The Bertz CT molecular complexity index is 931. The second-order valence-corrected chi connectivity index (χ2v) is 7.06. The molecular weight excluding hydrogens is 364 g/mol. The van der Waals surface area contributed by atoms with E-state index in [0.29, 0.717) is 12.4 Å². The molecule has 1 atom stereocenters. The first-order valence-corrected chi connectivity index (χ1v) is 9.96. The maximum atomic E-state index is 12.9. The first-order valence-electron chi connectivity index (χ1n) is 9.96. The molecule has 4 rings (SSSR count). The molecule has 0 spiro atoms. The summed E-state index contributed by atoms with van der Waals surface area (Å²) in [4.78, 5) is 19.1. The van der Waals surface area contributed by atoms with Crippen LogP contribution >= 0.6 is 0 Å². The SMILES string of the molecule is O=C(OCc1ccccc1)N1CCCCC1c1cccnc1Oc1ccccc1. The number of ether oxygens (including phenoxy) is 2. The smallest absolute Gasteiger partial charge is 0.410 e. The van der Waals surface area contributed by atoms with E-state index < -0.39 is 0 Å². The van der Waals surface area contributed by atoms with E-state index in [1.54, 1.807) is 11.1 Å². The lowest BCUT2D eigenvalue weighted by Gasteiger charge is -2.35. The molecule has 2 heterocycles. The van der Waals surface area contributed by atoms with Crippen LogP contribution in [0.1, 0.15) is 36.4 Å². The first-order chi connectivity index (χ1) is 14.3. The van der Waals surface area contributed by atoms with Crippen LogP contribution in [0.5, 0.6) is 11.6 Å². The van der Waals surface area contributed by atoms with Crippen LogP contribution in [0.2, 0.25) is 0 Å². The Morgan fingerprint density at radius 2 is 1.72 bits per heavy atom. The third-order valence-electron chi connectivity index (χ3n) is 5.06. The average Bonchev–Trinajstić information content (AvgIpc) is 2.79. The maximum Gasteiger partial charge on any atom is 0.410 e. The van der Waals surface area contributed by atoms with Crippen LogP contribution in [0, 0.1) is 0 Å². The lowest BCUT2D eigenvalue weighted by Crippen LogP contribution is -2.39. The van der Waals surface area contributed by atoms with Crippen LogP contribution in [-0.2, 0) is 11.3 Å². The molecule has 2 aromatic carbocycles. The van der Waals surface area contributed by atoms with Gasteiger partial charge in [-0.3, -0.25) is 0 Å². The van der Waals surface area contributed by atoms with Crippen molar-refractivity contribution in [3.8, 4) is 11.6 Å². The van der Waals surface area contributed by atoms with E-state index in [9.17, 15) is 4.79 Å². The minimum absolute atomic E-state index is 0.112. The minimum atomic E-state index is -0.298. The maximum absolute atomic E-state index is 12.9. The van der Waals surface area contributed by atoms with Crippen LogP contribution in [0.4, 0.5) is 4.79 Å². The lowest BCUT2D eigenvalue weighted by molar-refractivity contribution is 0.0673. The zero-order chi connectivity index (χ0) is 19.9. The number of hydrogen-bond donors (Lipinski definition) is 0. The van der Waals surface area contributed by atoms with Crippen LogP contribution in [-0.4, -0.2) is 22.5 Å². The van der Waals surface area contributed by atoms with Gasteiger partial charge in [-0.15, -0.1) is 0 Å². The molecule has 1 aromatic heterocycles. The van der Waals surface area contributed by atoms with E-state index in [4.69, 9.17) is 9.47 Å². The molecule has 1 aliphatic heterocycles. The Morgan fingerprint density at radius 3 is 2.52 bits per heavy atom. The number of benzene rings is 2. The summed E-state index contributed by atoms with van der Waals surface area (Å²) in [6, 6.07) is 23.1. The highest BCUT2D eigenvalue weighted by Crippen LogP contribution is 2.37. The zero-order valence-electron chi connectivity index (χ0n) is 16.2. The molecule has 1 saturated heterocycles. The normalized spacial score (nSPS) is 16.3. The van der Waals surface area contributed by atoms with Gasteiger partial charge in [-0.2, -0.15) is 0 Å².